The molecule has 2 atom stereocenters. The lowest BCUT2D eigenvalue weighted by Gasteiger charge is -2.20. The first-order valence-corrected chi connectivity index (χ1v) is 7.08. The highest BCUT2D eigenvalue weighted by Gasteiger charge is 2.15. The average molecular weight is 283 g/mol. The Morgan fingerprint density at radius 1 is 1.12 bits per heavy atom. The minimum Gasteiger partial charge on any atom is -0.0891 e. The summed E-state index contributed by atoms with van der Waals surface area (Å²) in [5.41, 5.74) is 5.82. The number of halogens is 1. The molecule has 16 heavy (non-hydrogen) atoms. The highest BCUT2D eigenvalue weighted by molar-refractivity contribution is 9.09. The number of benzene rings is 1. The van der Waals surface area contributed by atoms with E-state index in [2.05, 4.69) is 62.7 Å². The van der Waals surface area contributed by atoms with Gasteiger partial charge in [0.05, 0.1) is 0 Å². The third-order valence-electron chi connectivity index (χ3n) is 3.48. The monoisotopic (exact) mass is 282 g/mol. The van der Waals surface area contributed by atoms with E-state index in [-0.39, 0.29) is 0 Å². The van der Waals surface area contributed by atoms with Crippen molar-refractivity contribution >= 4 is 15.9 Å². The van der Waals surface area contributed by atoms with E-state index in [4.69, 9.17) is 0 Å². The maximum atomic E-state index is 3.72. The van der Waals surface area contributed by atoms with Crippen LogP contribution in [0.5, 0.6) is 0 Å². The molecule has 1 aromatic rings. The zero-order chi connectivity index (χ0) is 12.3. The molecule has 0 fully saturated rings. The zero-order valence-electron chi connectivity index (χ0n) is 11.1. The lowest BCUT2D eigenvalue weighted by Crippen LogP contribution is -2.14. The van der Waals surface area contributed by atoms with E-state index in [9.17, 15) is 0 Å². The van der Waals surface area contributed by atoms with Crippen LogP contribution < -0.4 is 0 Å². The number of hydrogen-bond acceptors (Lipinski definition) is 0. The molecule has 0 amide bonds. The molecule has 0 heterocycles. The van der Waals surface area contributed by atoms with Crippen LogP contribution in [0.1, 0.15) is 42.5 Å². The Balaban J connectivity index is 2.96. The van der Waals surface area contributed by atoms with Crippen molar-refractivity contribution in [2.24, 2.45) is 5.92 Å². The third kappa shape index (κ3) is 3.35. The van der Waals surface area contributed by atoms with Crippen LogP contribution in [0.2, 0.25) is 0 Å². The SMILES string of the molecule is CCC(Cc1c(C)cc(C)cc1C)C(C)Br. The van der Waals surface area contributed by atoms with Gasteiger partial charge < -0.3 is 0 Å². The van der Waals surface area contributed by atoms with Gasteiger partial charge in [-0.15, -0.1) is 0 Å². The van der Waals surface area contributed by atoms with Crippen LogP contribution in [0, 0.1) is 26.7 Å². The van der Waals surface area contributed by atoms with E-state index in [0.29, 0.717) is 4.83 Å². The fraction of sp³-hybridized carbons (Fsp3) is 0.600. The quantitative estimate of drug-likeness (QED) is 0.685. The second-order valence-corrected chi connectivity index (χ2v) is 6.37. The normalized spacial score (nSPS) is 14.9. The van der Waals surface area contributed by atoms with Crippen LogP contribution in [-0.4, -0.2) is 4.83 Å². The van der Waals surface area contributed by atoms with Crippen LogP contribution in [-0.2, 0) is 6.42 Å². The molecule has 0 saturated heterocycles. The number of rotatable bonds is 4. The minimum atomic E-state index is 0.595. The van der Waals surface area contributed by atoms with Crippen molar-refractivity contribution < 1.29 is 0 Å². The fourth-order valence-electron chi connectivity index (χ4n) is 2.43. The van der Waals surface area contributed by atoms with Gasteiger partial charge in [-0.2, -0.15) is 0 Å². The van der Waals surface area contributed by atoms with Gasteiger partial charge in [-0.1, -0.05) is 53.9 Å². The Kier molecular flexibility index (Phi) is 5.04. The van der Waals surface area contributed by atoms with Gasteiger partial charge in [0.25, 0.3) is 0 Å². The third-order valence-corrected chi connectivity index (χ3v) is 4.23. The molecular weight excluding hydrogens is 260 g/mol. The molecule has 1 rings (SSSR count). The maximum Gasteiger partial charge on any atom is 0.0148 e. The Morgan fingerprint density at radius 3 is 2.00 bits per heavy atom. The van der Waals surface area contributed by atoms with Crippen LogP contribution in [0.3, 0.4) is 0 Å². The Hall–Kier alpha value is -0.300. The standard InChI is InChI=1S/C15H23Br/c1-6-14(13(5)16)9-15-11(3)7-10(2)8-12(15)4/h7-8,13-14H,6,9H2,1-5H3. The predicted molar refractivity (Wildman–Crippen MR) is 76.5 cm³/mol. The summed E-state index contributed by atoms with van der Waals surface area (Å²) in [6.45, 7) is 11.2. The zero-order valence-corrected chi connectivity index (χ0v) is 12.7. The summed E-state index contributed by atoms with van der Waals surface area (Å²) in [6, 6.07) is 4.60. The molecule has 0 nitrogen and oxygen atoms in total. The van der Waals surface area contributed by atoms with Crippen LogP contribution in [0.25, 0.3) is 0 Å². The molecule has 0 bridgehead atoms. The highest BCUT2D eigenvalue weighted by Crippen LogP contribution is 2.25. The van der Waals surface area contributed by atoms with Crippen molar-refractivity contribution in [1.29, 1.82) is 0 Å². The van der Waals surface area contributed by atoms with Gasteiger partial charge in [0.1, 0.15) is 0 Å². The Morgan fingerprint density at radius 2 is 1.62 bits per heavy atom. The fourth-order valence-corrected chi connectivity index (χ4v) is 2.99. The molecule has 0 saturated carbocycles. The summed E-state index contributed by atoms with van der Waals surface area (Å²) < 4.78 is 0. The predicted octanol–water partition coefficient (Wildman–Crippen LogP) is 4.96. The summed E-state index contributed by atoms with van der Waals surface area (Å²) in [5.74, 6) is 0.736. The molecule has 0 aliphatic carbocycles. The van der Waals surface area contributed by atoms with Gasteiger partial charge in [-0.05, 0) is 49.8 Å². The van der Waals surface area contributed by atoms with Gasteiger partial charge in [0.15, 0.2) is 0 Å². The second kappa shape index (κ2) is 5.86. The van der Waals surface area contributed by atoms with Gasteiger partial charge >= 0.3 is 0 Å². The Bertz CT molecular complexity index is 329. The van der Waals surface area contributed by atoms with Gasteiger partial charge in [-0.25, -0.2) is 0 Å². The summed E-state index contributed by atoms with van der Waals surface area (Å²) >= 11 is 3.72. The first-order valence-electron chi connectivity index (χ1n) is 6.16. The number of hydrogen-bond donors (Lipinski definition) is 0. The van der Waals surface area contributed by atoms with Crippen molar-refractivity contribution in [2.75, 3.05) is 0 Å². The molecule has 0 radical (unpaired) electrons. The van der Waals surface area contributed by atoms with E-state index < -0.39 is 0 Å². The number of alkyl halides is 1. The topological polar surface area (TPSA) is 0 Å². The maximum absolute atomic E-state index is 3.72. The van der Waals surface area contributed by atoms with Crippen molar-refractivity contribution in [2.45, 2.75) is 52.3 Å². The highest BCUT2D eigenvalue weighted by atomic mass is 79.9. The van der Waals surface area contributed by atoms with Crippen molar-refractivity contribution in [1.82, 2.24) is 0 Å². The molecule has 0 aromatic heterocycles. The summed E-state index contributed by atoms with van der Waals surface area (Å²) in [6.07, 6.45) is 2.43. The molecule has 1 heteroatoms. The van der Waals surface area contributed by atoms with Crippen molar-refractivity contribution in [3.63, 3.8) is 0 Å². The molecule has 0 aliphatic rings. The first kappa shape index (κ1) is 13.8. The van der Waals surface area contributed by atoms with Crippen molar-refractivity contribution in [3.05, 3.63) is 34.4 Å². The molecule has 2 unspecified atom stereocenters. The molecular formula is C15H23Br. The average Bonchev–Trinajstić information content (AvgIpc) is 2.15. The van der Waals surface area contributed by atoms with Gasteiger partial charge in [0, 0.05) is 4.83 Å². The Labute approximate surface area is 109 Å². The molecule has 0 spiro atoms. The largest absolute Gasteiger partial charge is 0.0891 e. The van der Waals surface area contributed by atoms with E-state index in [1.165, 1.54) is 29.5 Å². The van der Waals surface area contributed by atoms with E-state index in [0.717, 1.165) is 5.92 Å². The van der Waals surface area contributed by atoms with Crippen LogP contribution in [0.4, 0.5) is 0 Å². The summed E-state index contributed by atoms with van der Waals surface area (Å²) in [5, 5.41) is 0. The van der Waals surface area contributed by atoms with Crippen molar-refractivity contribution in [3.8, 4) is 0 Å². The smallest absolute Gasteiger partial charge is 0.0148 e. The van der Waals surface area contributed by atoms with E-state index in [1.807, 2.05) is 0 Å². The second-order valence-electron chi connectivity index (χ2n) is 4.93. The molecule has 0 aliphatic heterocycles. The van der Waals surface area contributed by atoms with E-state index in [1.54, 1.807) is 5.56 Å². The lowest BCUT2D eigenvalue weighted by atomic mass is 9.89. The molecule has 1 aromatic carbocycles. The summed E-state index contributed by atoms with van der Waals surface area (Å²) in [4.78, 5) is 0.595. The van der Waals surface area contributed by atoms with Gasteiger partial charge in [0.2, 0.25) is 0 Å². The molecule has 0 N–H and O–H groups in total. The van der Waals surface area contributed by atoms with Crippen LogP contribution in [0.15, 0.2) is 12.1 Å². The van der Waals surface area contributed by atoms with E-state index >= 15 is 0 Å². The number of aryl methyl sites for hydroxylation is 3. The lowest BCUT2D eigenvalue weighted by molar-refractivity contribution is 0.506. The summed E-state index contributed by atoms with van der Waals surface area (Å²) in [7, 11) is 0. The first-order chi connectivity index (χ1) is 7.45. The van der Waals surface area contributed by atoms with Gasteiger partial charge in [-0.3, -0.25) is 0 Å². The van der Waals surface area contributed by atoms with Crippen LogP contribution >= 0.6 is 15.9 Å². The molecule has 90 valence electrons. The minimum absolute atomic E-state index is 0.595.